The lowest BCUT2D eigenvalue weighted by Crippen LogP contribution is -2.17. The van der Waals surface area contributed by atoms with Crippen LogP contribution >= 0.6 is 15.9 Å². The van der Waals surface area contributed by atoms with Gasteiger partial charge in [-0.05, 0) is 71.1 Å². The maximum Gasteiger partial charge on any atom is 0.437 e. The summed E-state index contributed by atoms with van der Waals surface area (Å²) in [4.78, 5) is 28.7. The normalized spacial score (nSPS) is 16.1. The quantitative estimate of drug-likeness (QED) is 0.458. The Morgan fingerprint density at radius 1 is 1.25 bits per heavy atom. The Labute approximate surface area is 149 Å². The maximum atomic E-state index is 11.9. The molecule has 1 N–H and O–H groups in total. The summed E-state index contributed by atoms with van der Waals surface area (Å²) in [7, 11) is 0. The number of hydrogen-bond donors (Lipinski definition) is 1. The van der Waals surface area contributed by atoms with Gasteiger partial charge in [0.05, 0.1) is 5.69 Å². The summed E-state index contributed by atoms with van der Waals surface area (Å²) in [5.74, 6) is 0.0406. The standard InChI is InChI=1S/C18H19BrN2O3/c1-10(2)13-9-16(12(4)8-17(13)22)21-24-18(23)20-15-6-5-11(3)7-14(15)19/h5-10H,1-4H3,(H,20,23)/b21-16+. The fourth-order valence-corrected chi connectivity index (χ4v) is 2.77. The molecule has 0 heterocycles. The molecule has 1 aliphatic rings. The van der Waals surface area contributed by atoms with Gasteiger partial charge in [0.25, 0.3) is 0 Å². The largest absolute Gasteiger partial charge is 0.437 e. The van der Waals surface area contributed by atoms with Crippen LogP contribution in [0.25, 0.3) is 0 Å². The zero-order valence-electron chi connectivity index (χ0n) is 14.0. The lowest BCUT2D eigenvalue weighted by atomic mass is 9.90. The van der Waals surface area contributed by atoms with E-state index in [1.807, 2.05) is 32.9 Å². The number of hydrogen-bond acceptors (Lipinski definition) is 4. The van der Waals surface area contributed by atoms with Crippen LogP contribution in [0.4, 0.5) is 10.5 Å². The number of allylic oxidation sites excluding steroid dienone is 4. The number of carbonyl (C=O) groups excluding carboxylic acids is 2. The molecule has 1 aromatic carbocycles. The minimum absolute atomic E-state index is 0.0329. The number of rotatable bonds is 3. The van der Waals surface area contributed by atoms with Crippen molar-refractivity contribution in [2.75, 3.05) is 5.32 Å². The third-order valence-corrected chi connectivity index (χ3v) is 4.19. The van der Waals surface area contributed by atoms with Gasteiger partial charge in [0.15, 0.2) is 5.78 Å². The maximum absolute atomic E-state index is 11.9. The molecule has 0 spiro atoms. The molecule has 0 radical (unpaired) electrons. The van der Waals surface area contributed by atoms with Gasteiger partial charge in [-0.2, -0.15) is 0 Å². The second-order valence-corrected chi connectivity index (χ2v) is 6.76. The number of ketones is 1. The van der Waals surface area contributed by atoms with E-state index in [1.54, 1.807) is 19.1 Å². The third-order valence-electron chi connectivity index (χ3n) is 3.54. The fourth-order valence-electron chi connectivity index (χ4n) is 2.18. The Kier molecular flexibility index (Phi) is 5.72. The number of aryl methyl sites for hydroxylation is 1. The topological polar surface area (TPSA) is 67.8 Å². The predicted molar refractivity (Wildman–Crippen MR) is 98.1 cm³/mol. The molecule has 0 atom stereocenters. The number of oxime groups is 1. The first-order valence-electron chi connectivity index (χ1n) is 7.54. The molecule has 0 unspecified atom stereocenters. The van der Waals surface area contributed by atoms with E-state index in [0.717, 1.165) is 10.0 Å². The molecule has 0 bridgehead atoms. The molecular formula is C18H19BrN2O3. The van der Waals surface area contributed by atoms with E-state index in [0.29, 0.717) is 22.5 Å². The highest BCUT2D eigenvalue weighted by Gasteiger charge is 2.19. The number of carbonyl (C=O) groups is 2. The highest BCUT2D eigenvalue weighted by Crippen LogP contribution is 2.23. The van der Waals surface area contributed by atoms with Gasteiger partial charge in [-0.1, -0.05) is 25.1 Å². The summed E-state index contributed by atoms with van der Waals surface area (Å²) in [6.45, 7) is 7.57. The van der Waals surface area contributed by atoms with Crippen LogP contribution in [0.2, 0.25) is 0 Å². The van der Waals surface area contributed by atoms with Gasteiger partial charge in [-0.15, -0.1) is 0 Å². The van der Waals surface area contributed by atoms with Crippen molar-refractivity contribution in [1.82, 2.24) is 0 Å². The zero-order valence-corrected chi connectivity index (χ0v) is 15.6. The highest BCUT2D eigenvalue weighted by atomic mass is 79.9. The minimum Gasteiger partial charge on any atom is -0.297 e. The number of amides is 1. The van der Waals surface area contributed by atoms with Crippen LogP contribution in [0.15, 0.2) is 51.1 Å². The molecule has 126 valence electrons. The smallest absolute Gasteiger partial charge is 0.297 e. The molecule has 0 fully saturated rings. The molecule has 1 aromatic rings. The second kappa shape index (κ2) is 7.57. The summed E-state index contributed by atoms with van der Waals surface area (Å²) in [6, 6.07) is 5.54. The number of nitrogens with one attached hydrogen (secondary N) is 1. The average Bonchev–Trinajstić information content (AvgIpc) is 2.49. The van der Waals surface area contributed by atoms with Crippen LogP contribution < -0.4 is 5.32 Å². The van der Waals surface area contributed by atoms with Gasteiger partial charge in [0.1, 0.15) is 5.71 Å². The van der Waals surface area contributed by atoms with Gasteiger partial charge in [-0.3, -0.25) is 14.9 Å². The van der Waals surface area contributed by atoms with Crippen molar-refractivity contribution in [1.29, 1.82) is 0 Å². The van der Waals surface area contributed by atoms with Gasteiger partial charge in [0, 0.05) is 10.0 Å². The summed E-state index contributed by atoms with van der Waals surface area (Å²) in [5.41, 5.74) is 3.44. The molecule has 1 aliphatic carbocycles. The molecule has 5 nitrogen and oxygen atoms in total. The van der Waals surface area contributed by atoms with Crippen LogP contribution in [-0.2, 0) is 9.63 Å². The number of nitrogens with zero attached hydrogens (tertiary/aromatic N) is 1. The van der Waals surface area contributed by atoms with Gasteiger partial charge in [-0.25, -0.2) is 4.79 Å². The number of anilines is 1. The summed E-state index contributed by atoms with van der Waals surface area (Å²) in [6.07, 6.45) is 2.47. The van der Waals surface area contributed by atoms with E-state index < -0.39 is 6.09 Å². The molecule has 1 amide bonds. The second-order valence-electron chi connectivity index (χ2n) is 5.91. The SMILES string of the molecule is CC1=CC(=O)C(C(C)C)=C/C1=N\OC(=O)Nc1ccc(C)cc1Br. The molecule has 2 rings (SSSR count). The van der Waals surface area contributed by atoms with Crippen LogP contribution in [0.3, 0.4) is 0 Å². The van der Waals surface area contributed by atoms with Gasteiger partial charge in [0.2, 0.25) is 0 Å². The molecule has 0 aromatic heterocycles. The van der Waals surface area contributed by atoms with Crippen LogP contribution in [0.1, 0.15) is 26.3 Å². The Morgan fingerprint density at radius 2 is 1.96 bits per heavy atom. The molecule has 24 heavy (non-hydrogen) atoms. The Hall–Kier alpha value is -2.21. The monoisotopic (exact) mass is 390 g/mol. The zero-order chi connectivity index (χ0) is 17.9. The van der Waals surface area contributed by atoms with E-state index in [2.05, 4.69) is 26.4 Å². The number of benzene rings is 1. The Balaban J connectivity index is 2.10. The molecule has 0 aliphatic heterocycles. The van der Waals surface area contributed by atoms with Crippen molar-refractivity contribution in [3.63, 3.8) is 0 Å². The minimum atomic E-state index is -0.698. The summed E-state index contributed by atoms with van der Waals surface area (Å²) in [5, 5.41) is 6.48. The van der Waals surface area contributed by atoms with E-state index in [-0.39, 0.29) is 11.7 Å². The third kappa shape index (κ3) is 4.41. The Bertz CT molecular complexity index is 776. The fraction of sp³-hybridized carbons (Fsp3) is 0.278. The molecule has 6 heteroatoms. The molecular weight excluding hydrogens is 372 g/mol. The first-order chi connectivity index (χ1) is 11.3. The molecule has 0 saturated heterocycles. The molecule has 0 saturated carbocycles. The van der Waals surface area contributed by atoms with Crippen molar-refractivity contribution in [3.05, 3.63) is 51.5 Å². The van der Waals surface area contributed by atoms with E-state index in [4.69, 9.17) is 4.84 Å². The Morgan fingerprint density at radius 3 is 2.58 bits per heavy atom. The van der Waals surface area contributed by atoms with Crippen LogP contribution in [-0.4, -0.2) is 17.6 Å². The van der Waals surface area contributed by atoms with Crippen molar-refractivity contribution in [2.24, 2.45) is 11.1 Å². The van der Waals surface area contributed by atoms with Crippen molar-refractivity contribution >= 4 is 39.2 Å². The van der Waals surface area contributed by atoms with Crippen molar-refractivity contribution in [3.8, 4) is 0 Å². The van der Waals surface area contributed by atoms with E-state index in [1.165, 1.54) is 6.08 Å². The van der Waals surface area contributed by atoms with Crippen LogP contribution in [0.5, 0.6) is 0 Å². The lowest BCUT2D eigenvalue weighted by molar-refractivity contribution is -0.111. The first kappa shape index (κ1) is 18.1. The highest BCUT2D eigenvalue weighted by molar-refractivity contribution is 9.10. The van der Waals surface area contributed by atoms with Crippen molar-refractivity contribution < 1.29 is 14.4 Å². The van der Waals surface area contributed by atoms with Gasteiger partial charge >= 0.3 is 6.09 Å². The first-order valence-corrected chi connectivity index (χ1v) is 8.34. The van der Waals surface area contributed by atoms with E-state index >= 15 is 0 Å². The lowest BCUT2D eigenvalue weighted by Gasteiger charge is -2.14. The number of halogens is 1. The van der Waals surface area contributed by atoms with Crippen molar-refractivity contribution in [2.45, 2.75) is 27.7 Å². The van der Waals surface area contributed by atoms with E-state index in [9.17, 15) is 9.59 Å². The predicted octanol–water partition coefficient (Wildman–Crippen LogP) is 4.77. The average molecular weight is 391 g/mol. The summed E-state index contributed by atoms with van der Waals surface area (Å²) >= 11 is 3.38. The summed E-state index contributed by atoms with van der Waals surface area (Å²) < 4.78 is 0.758. The van der Waals surface area contributed by atoms with Crippen LogP contribution in [0, 0.1) is 12.8 Å². The van der Waals surface area contributed by atoms with Gasteiger partial charge < -0.3 is 0 Å².